The Balaban J connectivity index is 2.33. The summed E-state index contributed by atoms with van der Waals surface area (Å²) in [5.74, 6) is -2.77. The maximum absolute atomic E-state index is 13.8. The molecule has 0 bridgehead atoms. The van der Waals surface area contributed by atoms with Crippen molar-refractivity contribution in [1.29, 1.82) is 0 Å². The molecule has 0 radical (unpaired) electrons. The van der Waals surface area contributed by atoms with Crippen molar-refractivity contribution in [3.8, 4) is 0 Å². The summed E-state index contributed by atoms with van der Waals surface area (Å²) in [6.07, 6.45) is -4.70. The van der Waals surface area contributed by atoms with Crippen LogP contribution >= 0.6 is 0 Å². The molecule has 1 aliphatic heterocycles. The highest BCUT2D eigenvalue weighted by molar-refractivity contribution is 7.91. The molecule has 0 aliphatic carbocycles. The lowest BCUT2D eigenvalue weighted by Gasteiger charge is -2.22. The molecule has 0 spiro atoms. The van der Waals surface area contributed by atoms with Crippen LogP contribution in [-0.2, 0) is 16.0 Å². The van der Waals surface area contributed by atoms with Crippen molar-refractivity contribution in [2.24, 2.45) is 5.92 Å². The number of benzene rings is 1. The van der Waals surface area contributed by atoms with E-state index in [0.717, 1.165) is 4.90 Å². The molecule has 1 fully saturated rings. The van der Waals surface area contributed by atoms with E-state index < -0.39 is 38.9 Å². The average molecular weight is 353 g/mol. The van der Waals surface area contributed by atoms with Gasteiger partial charge in [-0.1, -0.05) is 6.92 Å². The van der Waals surface area contributed by atoms with E-state index in [0.29, 0.717) is 18.2 Å². The van der Waals surface area contributed by atoms with E-state index in [-0.39, 0.29) is 30.5 Å². The number of sulfone groups is 1. The fraction of sp³-hybridized carbons (Fsp3) is 0.500. The predicted molar refractivity (Wildman–Crippen MR) is 75.1 cm³/mol. The molecule has 1 unspecified atom stereocenters. The normalized spacial score (nSPS) is 21.8. The second kappa shape index (κ2) is 6.10. The third kappa shape index (κ3) is 4.21. The van der Waals surface area contributed by atoms with Crippen LogP contribution < -0.4 is 0 Å². The maximum atomic E-state index is 13.8. The number of carbonyl (C=O) groups is 1. The molecule has 1 atom stereocenters. The van der Waals surface area contributed by atoms with Crippen molar-refractivity contribution >= 4 is 15.7 Å². The minimum atomic E-state index is -4.70. The summed E-state index contributed by atoms with van der Waals surface area (Å²) >= 11 is 0. The number of amides is 1. The van der Waals surface area contributed by atoms with Crippen molar-refractivity contribution in [3.05, 3.63) is 35.1 Å². The third-order valence-electron chi connectivity index (χ3n) is 3.55. The first-order chi connectivity index (χ1) is 10.5. The van der Waals surface area contributed by atoms with Gasteiger partial charge in [-0.05, 0) is 24.1 Å². The summed E-state index contributed by atoms with van der Waals surface area (Å²) in [6, 6.07) is 1.61. The highest BCUT2D eigenvalue weighted by atomic mass is 32.2. The molecule has 0 N–H and O–H groups in total. The molecular weight excluding hydrogens is 338 g/mol. The lowest BCUT2D eigenvalue weighted by atomic mass is 10.1. The second-order valence-corrected chi connectivity index (χ2v) is 7.89. The van der Waals surface area contributed by atoms with Crippen molar-refractivity contribution in [2.75, 3.05) is 24.6 Å². The van der Waals surface area contributed by atoms with Crippen LogP contribution in [0, 0.1) is 11.7 Å². The molecular formula is C14H15F4NO3S. The lowest BCUT2D eigenvalue weighted by molar-refractivity contribution is -0.137. The predicted octanol–water partition coefficient (Wildman–Crippen LogP) is 2.35. The van der Waals surface area contributed by atoms with Crippen LogP contribution in [0.15, 0.2) is 18.2 Å². The molecule has 0 saturated carbocycles. The number of rotatable bonds is 1. The lowest BCUT2D eigenvalue weighted by Crippen LogP contribution is -2.36. The number of hydrogen-bond acceptors (Lipinski definition) is 3. The first-order valence-corrected chi connectivity index (χ1v) is 8.68. The Morgan fingerprint density at radius 3 is 2.57 bits per heavy atom. The molecule has 1 heterocycles. The topological polar surface area (TPSA) is 54.5 Å². The SMILES string of the molecule is CC1CN(C(=O)c2cc(C(F)(F)F)ccc2F)CCS(=O)(=O)C1. The fourth-order valence-electron chi connectivity index (χ4n) is 2.51. The standard InChI is InChI=1S/C14H15F4NO3S/c1-9-7-19(4-5-23(21,22)8-9)13(20)11-6-10(14(16,17)18)2-3-12(11)15/h2-3,6,9H,4-5,7-8H2,1H3. The van der Waals surface area contributed by atoms with E-state index >= 15 is 0 Å². The second-order valence-electron chi connectivity index (χ2n) is 5.66. The molecule has 1 saturated heterocycles. The average Bonchev–Trinajstić information content (AvgIpc) is 2.54. The van der Waals surface area contributed by atoms with E-state index in [1.807, 2.05) is 0 Å². The molecule has 128 valence electrons. The van der Waals surface area contributed by atoms with Gasteiger partial charge in [-0.25, -0.2) is 12.8 Å². The Labute approximate surface area is 131 Å². The summed E-state index contributed by atoms with van der Waals surface area (Å²) in [5, 5.41) is 0. The van der Waals surface area contributed by atoms with Crippen molar-refractivity contribution in [2.45, 2.75) is 13.1 Å². The minimum Gasteiger partial charge on any atom is -0.337 e. The van der Waals surface area contributed by atoms with Gasteiger partial charge < -0.3 is 4.90 Å². The molecule has 1 aromatic rings. The van der Waals surface area contributed by atoms with Crippen molar-refractivity contribution in [3.63, 3.8) is 0 Å². The zero-order valence-corrected chi connectivity index (χ0v) is 13.0. The van der Waals surface area contributed by atoms with Gasteiger partial charge in [0.25, 0.3) is 5.91 Å². The van der Waals surface area contributed by atoms with E-state index in [1.54, 1.807) is 6.92 Å². The van der Waals surface area contributed by atoms with E-state index in [1.165, 1.54) is 0 Å². The summed E-state index contributed by atoms with van der Waals surface area (Å²) < 4.78 is 75.3. The van der Waals surface area contributed by atoms with Crippen LogP contribution in [0.1, 0.15) is 22.8 Å². The van der Waals surface area contributed by atoms with Crippen molar-refractivity contribution in [1.82, 2.24) is 4.90 Å². The van der Waals surface area contributed by atoms with Crippen molar-refractivity contribution < 1.29 is 30.8 Å². The van der Waals surface area contributed by atoms with Crippen LogP contribution in [0.5, 0.6) is 0 Å². The number of nitrogens with zero attached hydrogens (tertiary/aromatic N) is 1. The first-order valence-electron chi connectivity index (χ1n) is 6.86. The van der Waals surface area contributed by atoms with Gasteiger partial charge in [0, 0.05) is 13.1 Å². The fourth-order valence-corrected chi connectivity index (χ4v) is 4.14. The monoisotopic (exact) mass is 353 g/mol. The Kier molecular flexibility index (Phi) is 4.70. The Morgan fingerprint density at radius 1 is 1.30 bits per heavy atom. The van der Waals surface area contributed by atoms with Crippen LogP contribution in [0.4, 0.5) is 17.6 Å². The summed E-state index contributed by atoms with van der Waals surface area (Å²) in [4.78, 5) is 13.4. The van der Waals surface area contributed by atoms with Gasteiger partial charge in [-0.2, -0.15) is 13.2 Å². The van der Waals surface area contributed by atoms with Gasteiger partial charge in [0.1, 0.15) is 5.82 Å². The molecule has 23 heavy (non-hydrogen) atoms. The van der Waals surface area contributed by atoms with E-state index in [2.05, 4.69) is 0 Å². The summed E-state index contributed by atoms with van der Waals surface area (Å²) in [7, 11) is -3.33. The van der Waals surface area contributed by atoms with Gasteiger partial charge >= 0.3 is 6.18 Å². The third-order valence-corrected chi connectivity index (χ3v) is 5.44. The highest BCUT2D eigenvalue weighted by Gasteiger charge is 2.33. The first kappa shape index (κ1) is 17.7. The molecule has 1 aromatic carbocycles. The van der Waals surface area contributed by atoms with Gasteiger partial charge in [0.15, 0.2) is 9.84 Å². The van der Waals surface area contributed by atoms with Gasteiger partial charge in [-0.3, -0.25) is 4.79 Å². The Bertz CT molecular complexity index is 715. The zero-order chi connectivity index (χ0) is 17.4. The Hall–Kier alpha value is -1.64. The smallest absolute Gasteiger partial charge is 0.337 e. The minimum absolute atomic E-state index is 0.0494. The number of alkyl halides is 3. The van der Waals surface area contributed by atoms with Crippen LogP contribution in [-0.4, -0.2) is 43.8 Å². The quantitative estimate of drug-likeness (QED) is 0.729. The highest BCUT2D eigenvalue weighted by Crippen LogP contribution is 2.30. The summed E-state index contributed by atoms with van der Waals surface area (Å²) in [5.41, 5.74) is -1.83. The number of carbonyl (C=O) groups excluding carboxylic acids is 1. The molecule has 1 aliphatic rings. The molecule has 1 amide bonds. The summed E-state index contributed by atoms with van der Waals surface area (Å²) in [6.45, 7) is 1.50. The van der Waals surface area contributed by atoms with Crippen LogP contribution in [0.3, 0.4) is 0 Å². The van der Waals surface area contributed by atoms with Crippen LogP contribution in [0.2, 0.25) is 0 Å². The zero-order valence-electron chi connectivity index (χ0n) is 12.2. The van der Waals surface area contributed by atoms with Gasteiger partial charge in [-0.15, -0.1) is 0 Å². The molecule has 0 aromatic heterocycles. The van der Waals surface area contributed by atoms with E-state index in [9.17, 15) is 30.8 Å². The maximum Gasteiger partial charge on any atom is 0.416 e. The number of halogens is 4. The van der Waals surface area contributed by atoms with Crippen LogP contribution in [0.25, 0.3) is 0 Å². The number of hydrogen-bond donors (Lipinski definition) is 0. The van der Waals surface area contributed by atoms with Gasteiger partial charge in [0.2, 0.25) is 0 Å². The molecule has 2 rings (SSSR count). The van der Waals surface area contributed by atoms with E-state index in [4.69, 9.17) is 0 Å². The van der Waals surface area contributed by atoms with Gasteiger partial charge in [0.05, 0.1) is 22.6 Å². The Morgan fingerprint density at radius 2 is 1.96 bits per heavy atom. The largest absolute Gasteiger partial charge is 0.416 e. The molecule has 4 nitrogen and oxygen atoms in total. The molecule has 9 heteroatoms.